The lowest BCUT2D eigenvalue weighted by molar-refractivity contribution is -0.115. The smallest absolute Gasteiger partial charge is 0.330 e. The van der Waals surface area contributed by atoms with Gasteiger partial charge in [-0.1, -0.05) is 4.99 Å². The van der Waals surface area contributed by atoms with Gasteiger partial charge in [-0.05, 0) is 0 Å². The first-order chi connectivity index (χ1) is 4.27. The Labute approximate surface area is 55.0 Å². The van der Waals surface area contributed by atoms with E-state index in [0.29, 0.717) is 6.42 Å². The van der Waals surface area contributed by atoms with Gasteiger partial charge in [-0.25, -0.2) is 4.79 Å². The van der Waals surface area contributed by atoms with Gasteiger partial charge in [0.2, 0.25) is 0 Å². The fraction of sp³-hybridized carbons (Fsp3) is 0.333. The van der Waals surface area contributed by atoms with Gasteiger partial charge in [0.15, 0.2) is 6.42 Å². The molecule has 0 saturated heterocycles. The van der Waals surface area contributed by atoms with Crippen LogP contribution >= 0.6 is 0 Å². The Morgan fingerprint density at radius 1 is 1.67 bits per heavy atom. The van der Waals surface area contributed by atoms with Crippen molar-refractivity contribution < 1.29 is 4.79 Å². The third-order valence-corrected chi connectivity index (χ3v) is 0.770. The number of amides is 1. The van der Waals surface area contributed by atoms with E-state index in [9.17, 15) is 4.79 Å². The molecule has 0 unspecified atom stereocenters. The topological polar surface area (TPSA) is 55.4 Å². The Morgan fingerprint density at radius 3 is 2.78 bits per heavy atom. The van der Waals surface area contributed by atoms with Gasteiger partial charge >= 0.3 is 5.91 Å². The van der Waals surface area contributed by atoms with Crippen LogP contribution in [0.25, 0.3) is 0 Å². The van der Waals surface area contributed by atoms with Crippen LogP contribution in [0.15, 0.2) is 4.99 Å². The minimum absolute atomic E-state index is 0.382. The monoisotopic (exact) mass is 126 g/mol. The molecule has 0 atom stereocenters. The van der Waals surface area contributed by atoms with Crippen LogP contribution in [0.1, 0.15) is 12.8 Å². The van der Waals surface area contributed by atoms with Crippen LogP contribution in [-0.4, -0.2) is 12.6 Å². The average molecular weight is 126 g/mol. The molecular weight excluding hydrogens is 116 g/mol. The molecule has 0 fully saturated rings. The number of primary amides is 1. The van der Waals surface area contributed by atoms with Crippen molar-refractivity contribution in [2.45, 2.75) is 12.8 Å². The van der Waals surface area contributed by atoms with Gasteiger partial charge in [0.1, 0.15) is 19.7 Å². The number of hydrogen-bond donors (Lipinski definition) is 1. The molecule has 9 heavy (non-hydrogen) atoms. The van der Waals surface area contributed by atoms with Gasteiger partial charge in [-0.15, -0.1) is 0 Å². The largest absolute Gasteiger partial charge is 0.399 e. The summed E-state index contributed by atoms with van der Waals surface area (Å²) in [6, 6.07) is 0. The predicted octanol–water partition coefficient (Wildman–Crippen LogP) is 0.319. The Morgan fingerprint density at radius 2 is 2.33 bits per heavy atom. The lowest BCUT2D eigenvalue weighted by atomic mass is 10.2. The standard InChI is InChI=1S/C6H9N2O/c1-8-5-3-2-4-6(7)9/h4-5H,1-3H2,(H-,7,9)/q+1/p+1. The van der Waals surface area contributed by atoms with Crippen LogP contribution in [-0.2, 0) is 4.79 Å². The zero-order valence-electron chi connectivity index (χ0n) is 5.21. The van der Waals surface area contributed by atoms with E-state index in [1.54, 1.807) is 6.54 Å². The highest BCUT2D eigenvalue weighted by Gasteiger charge is 2.06. The third kappa shape index (κ3) is 6.88. The minimum atomic E-state index is -0.382. The van der Waals surface area contributed by atoms with Crippen LogP contribution in [0.2, 0.25) is 0 Å². The van der Waals surface area contributed by atoms with Crippen LogP contribution < -0.4 is 5.73 Å². The van der Waals surface area contributed by atoms with E-state index in [4.69, 9.17) is 5.73 Å². The summed E-state index contributed by atoms with van der Waals surface area (Å²) in [5.74, 6) is -0.382. The summed E-state index contributed by atoms with van der Waals surface area (Å²) in [6.45, 7) is 4.88. The summed E-state index contributed by atoms with van der Waals surface area (Å²) >= 11 is 0. The molecule has 0 aliphatic rings. The molecule has 2 N–H and O–H groups in total. The molecule has 0 rings (SSSR count). The molecule has 3 heteroatoms. The maximum atomic E-state index is 10.1. The number of unbranched alkanes of at least 4 members (excludes halogenated alkanes) is 1. The number of aliphatic imine (C=N–C) groups is 1. The van der Waals surface area contributed by atoms with Crippen LogP contribution in [0.3, 0.4) is 0 Å². The van der Waals surface area contributed by atoms with Crippen molar-refractivity contribution in [2.75, 3.05) is 0 Å². The normalized spacial score (nSPS) is 8.00. The second kappa shape index (κ2) is 5.03. The fourth-order valence-corrected chi connectivity index (χ4v) is 0.391. The van der Waals surface area contributed by atoms with E-state index in [2.05, 4.69) is 11.7 Å². The molecular formula is C6H10N2O+2. The van der Waals surface area contributed by atoms with Crippen molar-refractivity contribution in [1.29, 1.82) is 0 Å². The van der Waals surface area contributed by atoms with Crippen molar-refractivity contribution in [3.8, 4) is 0 Å². The Bertz CT molecular complexity index is 101. The van der Waals surface area contributed by atoms with Crippen molar-refractivity contribution in [2.24, 2.45) is 10.7 Å². The molecule has 48 valence electrons. The van der Waals surface area contributed by atoms with Crippen molar-refractivity contribution >= 4 is 12.6 Å². The summed E-state index contributed by atoms with van der Waals surface area (Å²) < 4.78 is 0. The number of rotatable bonds is 5. The summed E-state index contributed by atoms with van der Waals surface area (Å²) in [6.07, 6.45) is 2.79. The number of carbonyl (C=O) groups excluding carboxylic acids is 1. The third-order valence-electron chi connectivity index (χ3n) is 0.770. The van der Waals surface area contributed by atoms with Gasteiger partial charge in [-0.3, -0.25) is 0 Å². The zero-order chi connectivity index (χ0) is 7.11. The lowest BCUT2D eigenvalue weighted by Gasteiger charge is -1.77. The molecule has 0 aliphatic carbocycles. The van der Waals surface area contributed by atoms with Crippen molar-refractivity contribution in [3.63, 3.8) is 0 Å². The molecule has 0 spiro atoms. The maximum absolute atomic E-state index is 10.1. The molecule has 0 radical (unpaired) electrons. The Hall–Kier alpha value is -1.12. The second-order valence-corrected chi connectivity index (χ2v) is 1.55. The minimum Gasteiger partial charge on any atom is -0.330 e. The number of nitrogens with zero attached hydrogens (tertiary/aromatic N) is 1. The van der Waals surface area contributed by atoms with Gasteiger partial charge in [0.05, 0.1) is 6.42 Å². The zero-order valence-corrected chi connectivity index (χ0v) is 5.21. The van der Waals surface area contributed by atoms with Crippen LogP contribution in [0.4, 0.5) is 0 Å². The summed E-state index contributed by atoms with van der Waals surface area (Å²) in [5, 5.41) is 0. The number of hydrogen-bond acceptors (Lipinski definition) is 2. The van der Waals surface area contributed by atoms with E-state index in [-0.39, 0.29) is 5.91 Å². The van der Waals surface area contributed by atoms with Gasteiger partial charge in [0.25, 0.3) is 0 Å². The van der Waals surface area contributed by atoms with E-state index in [0.717, 1.165) is 6.42 Å². The number of nitrogens with two attached hydrogens (primary N) is 1. The Kier molecular flexibility index (Phi) is 4.40. The van der Waals surface area contributed by atoms with Crippen molar-refractivity contribution in [1.82, 2.24) is 0 Å². The quantitative estimate of drug-likeness (QED) is 0.322. The van der Waals surface area contributed by atoms with E-state index in [1.807, 2.05) is 0 Å². The van der Waals surface area contributed by atoms with Gasteiger partial charge in [-0.2, -0.15) is 0 Å². The first-order valence-corrected chi connectivity index (χ1v) is 2.67. The molecule has 0 bridgehead atoms. The summed E-state index contributed by atoms with van der Waals surface area (Å²) in [7, 11) is 0. The summed E-state index contributed by atoms with van der Waals surface area (Å²) in [5.41, 5.74) is 4.82. The van der Waals surface area contributed by atoms with Crippen LogP contribution in [0.5, 0.6) is 0 Å². The highest BCUT2D eigenvalue weighted by Crippen LogP contribution is 1.95. The van der Waals surface area contributed by atoms with E-state index in [1.165, 1.54) is 6.42 Å². The SMILES string of the molecule is C=N[CH+]CC[CH+]C(N)=O. The molecule has 3 nitrogen and oxygen atoms in total. The maximum Gasteiger partial charge on any atom is 0.399 e. The highest BCUT2D eigenvalue weighted by atomic mass is 16.1. The second-order valence-electron chi connectivity index (χ2n) is 1.55. The van der Waals surface area contributed by atoms with E-state index >= 15 is 0 Å². The van der Waals surface area contributed by atoms with Gasteiger partial charge in [0, 0.05) is 0 Å². The van der Waals surface area contributed by atoms with Gasteiger partial charge < -0.3 is 5.73 Å². The first kappa shape index (κ1) is 7.88. The molecule has 1 amide bonds. The lowest BCUT2D eigenvalue weighted by Crippen LogP contribution is -2.10. The predicted molar refractivity (Wildman–Crippen MR) is 36.6 cm³/mol. The molecule has 0 aliphatic heterocycles. The molecule has 0 heterocycles. The average Bonchev–Trinajstić information content (AvgIpc) is 1.80. The molecule has 0 saturated carbocycles. The molecule has 0 aromatic heterocycles. The van der Waals surface area contributed by atoms with E-state index < -0.39 is 0 Å². The molecule has 0 aromatic rings. The summed E-state index contributed by atoms with van der Waals surface area (Å²) in [4.78, 5) is 13.6. The fourth-order valence-electron chi connectivity index (χ4n) is 0.391. The molecule has 0 aromatic carbocycles. The highest BCUT2D eigenvalue weighted by molar-refractivity contribution is 5.82. The van der Waals surface area contributed by atoms with Crippen molar-refractivity contribution in [3.05, 3.63) is 13.0 Å². The first-order valence-electron chi connectivity index (χ1n) is 2.67. The number of carbonyl (C=O) groups is 1. The Balaban J connectivity index is 2.91. The van der Waals surface area contributed by atoms with Crippen LogP contribution in [0, 0.1) is 13.0 Å².